The molecule has 3 heteroatoms. The van der Waals surface area contributed by atoms with Crippen LogP contribution in [0.5, 0.6) is 0 Å². The fourth-order valence-electron chi connectivity index (χ4n) is 1.69. The van der Waals surface area contributed by atoms with E-state index in [9.17, 15) is 4.79 Å². The van der Waals surface area contributed by atoms with Crippen LogP contribution in [0.15, 0.2) is 0 Å². The Kier molecular flexibility index (Phi) is 4.45. The van der Waals surface area contributed by atoms with E-state index in [2.05, 4.69) is 25.7 Å². The van der Waals surface area contributed by atoms with Crippen LogP contribution in [-0.4, -0.2) is 41.8 Å². The van der Waals surface area contributed by atoms with Crippen molar-refractivity contribution in [2.45, 2.75) is 33.2 Å². The lowest BCUT2D eigenvalue weighted by molar-refractivity contribution is -0.116. The molecule has 1 heterocycles. The summed E-state index contributed by atoms with van der Waals surface area (Å²) in [5, 5.41) is 0. The Labute approximate surface area is 91.4 Å². The van der Waals surface area contributed by atoms with Gasteiger partial charge in [0.2, 0.25) is 0 Å². The molecule has 0 amide bonds. The third-order valence-electron chi connectivity index (χ3n) is 3.16. The molecule has 0 saturated carbocycles. The van der Waals surface area contributed by atoms with Gasteiger partial charge in [-0.3, -0.25) is 4.90 Å². The van der Waals surface area contributed by atoms with Crippen molar-refractivity contribution in [1.82, 2.24) is 4.90 Å². The molecule has 0 aromatic heterocycles. The molecule has 2 unspecified atom stereocenters. The van der Waals surface area contributed by atoms with E-state index in [-0.39, 0.29) is 5.41 Å². The molecule has 0 bridgehead atoms. The number of rotatable bonds is 4. The van der Waals surface area contributed by atoms with Crippen molar-refractivity contribution in [3.05, 3.63) is 0 Å². The lowest BCUT2D eigenvalue weighted by Gasteiger charge is -2.37. The molecule has 2 atom stereocenters. The highest BCUT2D eigenvalue weighted by Crippen LogP contribution is 2.24. The molecule has 0 spiro atoms. The zero-order valence-electron chi connectivity index (χ0n) is 9.45. The molecule has 1 saturated heterocycles. The van der Waals surface area contributed by atoms with Gasteiger partial charge in [0.05, 0.1) is 0 Å². The quantitative estimate of drug-likeness (QED) is 0.669. The summed E-state index contributed by atoms with van der Waals surface area (Å²) in [6.07, 6.45) is 2.06. The van der Waals surface area contributed by atoms with Crippen molar-refractivity contribution >= 4 is 18.0 Å². The summed E-state index contributed by atoms with van der Waals surface area (Å²) in [6.45, 7) is 8.48. The van der Waals surface area contributed by atoms with Crippen LogP contribution in [-0.2, 0) is 4.79 Å². The highest BCUT2D eigenvalue weighted by atomic mass is 32.2. The van der Waals surface area contributed by atoms with E-state index in [0.717, 1.165) is 25.8 Å². The van der Waals surface area contributed by atoms with E-state index in [4.69, 9.17) is 0 Å². The summed E-state index contributed by atoms with van der Waals surface area (Å²) >= 11 is 2.02. The first-order valence-corrected chi connectivity index (χ1v) is 6.55. The molecule has 0 aromatic carbocycles. The van der Waals surface area contributed by atoms with Crippen LogP contribution in [0.3, 0.4) is 0 Å². The fraction of sp³-hybridized carbons (Fsp3) is 0.909. The second kappa shape index (κ2) is 5.17. The molecular formula is C11H21NOS. The summed E-state index contributed by atoms with van der Waals surface area (Å²) in [4.78, 5) is 13.5. The molecule has 0 radical (unpaired) electrons. The van der Waals surface area contributed by atoms with Gasteiger partial charge in [0.15, 0.2) is 0 Å². The van der Waals surface area contributed by atoms with Crippen molar-refractivity contribution in [3.8, 4) is 0 Å². The highest BCUT2D eigenvalue weighted by Gasteiger charge is 2.28. The molecule has 0 aliphatic carbocycles. The van der Waals surface area contributed by atoms with Gasteiger partial charge < -0.3 is 4.79 Å². The normalized spacial score (nSPS) is 28.4. The Morgan fingerprint density at radius 2 is 2.36 bits per heavy atom. The molecule has 1 aliphatic heterocycles. The van der Waals surface area contributed by atoms with E-state index in [1.807, 2.05) is 11.8 Å². The fourth-order valence-corrected chi connectivity index (χ4v) is 2.77. The van der Waals surface area contributed by atoms with Gasteiger partial charge in [0, 0.05) is 36.1 Å². The van der Waals surface area contributed by atoms with E-state index in [1.54, 1.807) is 0 Å². The van der Waals surface area contributed by atoms with Crippen LogP contribution in [0.4, 0.5) is 0 Å². The van der Waals surface area contributed by atoms with E-state index >= 15 is 0 Å². The summed E-state index contributed by atoms with van der Waals surface area (Å²) in [5.41, 5.74) is -0.143. The predicted octanol–water partition coefficient (Wildman–Crippen LogP) is 2.04. The van der Waals surface area contributed by atoms with Gasteiger partial charge in [0.25, 0.3) is 0 Å². The Morgan fingerprint density at radius 1 is 1.64 bits per heavy atom. The van der Waals surface area contributed by atoms with Crippen LogP contribution in [0, 0.1) is 5.41 Å². The molecule has 2 nitrogen and oxygen atoms in total. The number of thioether (sulfide) groups is 1. The van der Waals surface area contributed by atoms with Gasteiger partial charge in [-0.05, 0) is 13.3 Å². The molecular weight excluding hydrogens is 194 g/mol. The maximum absolute atomic E-state index is 11.0. The lowest BCUT2D eigenvalue weighted by atomic mass is 9.88. The van der Waals surface area contributed by atoms with Crippen LogP contribution < -0.4 is 0 Å². The zero-order valence-corrected chi connectivity index (χ0v) is 10.3. The van der Waals surface area contributed by atoms with Crippen molar-refractivity contribution in [2.24, 2.45) is 5.41 Å². The van der Waals surface area contributed by atoms with Gasteiger partial charge in [-0.25, -0.2) is 0 Å². The monoisotopic (exact) mass is 215 g/mol. The second-order valence-corrected chi connectivity index (χ2v) is 5.67. The van der Waals surface area contributed by atoms with Gasteiger partial charge in [-0.2, -0.15) is 11.8 Å². The van der Waals surface area contributed by atoms with Gasteiger partial charge in [-0.15, -0.1) is 0 Å². The number of hydrogen-bond acceptors (Lipinski definition) is 3. The number of carbonyl (C=O) groups is 1. The Morgan fingerprint density at radius 3 is 2.86 bits per heavy atom. The average molecular weight is 215 g/mol. The maximum atomic E-state index is 11.0. The highest BCUT2D eigenvalue weighted by molar-refractivity contribution is 7.99. The predicted molar refractivity (Wildman–Crippen MR) is 62.8 cm³/mol. The summed E-state index contributed by atoms with van der Waals surface area (Å²) in [7, 11) is 0. The number of hydrogen-bond donors (Lipinski definition) is 0. The van der Waals surface area contributed by atoms with Crippen LogP contribution in [0.1, 0.15) is 27.2 Å². The topological polar surface area (TPSA) is 20.3 Å². The summed E-state index contributed by atoms with van der Waals surface area (Å²) in [6, 6.07) is 0.625. The second-order valence-electron chi connectivity index (χ2n) is 4.52. The molecule has 14 heavy (non-hydrogen) atoms. The Balaban J connectivity index is 2.52. The lowest BCUT2D eigenvalue weighted by Crippen LogP contribution is -2.46. The minimum absolute atomic E-state index is 0.143. The Bertz CT molecular complexity index is 198. The van der Waals surface area contributed by atoms with E-state index in [1.165, 1.54) is 11.5 Å². The third-order valence-corrected chi connectivity index (χ3v) is 4.35. The summed E-state index contributed by atoms with van der Waals surface area (Å²) in [5.74, 6) is 2.42. The SMILES string of the molecule is CCC(C)(C=O)CN1CCSCC1C. The molecule has 1 fully saturated rings. The number of aldehydes is 1. The Hall–Kier alpha value is -0.0200. The van der Waals surface area contributed by atoms with Crippen molar-refractivity contribution in [3.63, 3.8) is 0 Å². The first-order chi connectivity index (χ1) is 6.61. The first-order valence-electron chi connectivity index (χ1n) is 5.39. The van der Waals surface area contributed by atoms with Crippen LogP contribution in [0.2, 0.25) is 0 Å². The first kappa shape index (κ1) is 12.1. The van der Waals surface area contributed by atoms with Gasteiger partial charge >= 0.3 is 0 Å². The van der Waals surface area contributed by atoms with E-state index in [0.29, 0.717) is 6.04 Å². The van der Waals surface area contributed by atoms with Crippen molar-refractivity contribution in [1.29, 1.82) is 0 Å². The van der Waals surface area contributed by atoms with E-state index < -0.39 is 0 Å². The van der Waals surface area contributed by atoms with Crippen molar-refractivity contribution in [2.75, 3.05) is 24.6 Å². The maximum Gasteiger partial charge on any atom is 0.127 e. The smallest absolute Gasteiger partial charge is 0.127 e. The minimum atomic E-state index is -0.143. The molecule has 0 N–H and O–H groups in total. The molecule has 0 aromatic rings. The van der Waals surface area contributed by atoms with Gasteiger partial charge in [-0.1, -0.05) is 13.8 Å². The molecule has 82 valence electrons. The largest absolute Gasteiger partial charge is 0.303 e. The molecule has 1 rings (SSSR count). The third kappa shape index (κ3) is 2.99. The van der Waals surface area contributed by atoms with Gasteiger partial charge in [0.1, 0.15) is 6.29 Å². The minimum Gasteiger partial charge on any atom is -0.303 e. The van der Waals surface area contributed by atoms with Crippen LogP contribution >= 0.6 is 11.8 Å². The van der Waals surface area contributed by atoms with Crippen molar-refractivity contribution < 1.29 is 4.79 Å². The standard InChI is InChI=1S/C11H21NOS/c1-4-11(3,9-13)8-12-5-6-14-7-10(12)2/h9-10H,4-8H2,1-3H3. The molecule has 1 aliphatic rings. The number of carbonyl (C=O) groups excluding carboxylic acids is 1. The average Bonchev–Trinajstić information content (AvgIpc) is 2.21. The summed E-state index contributed by atoms with van der Waals surface area (Å²) < 4.78 is 0. The van der Waals surface area contributed by atoms with Crippen LogP contribution in [0.25, 0.3) is 0 Å². The zero-order chi connectivity index (χ0) is 10.6. The number of nitrogens with zero attached hydrogens (tertiary/aromatic N) is 1.